The van der Waals surface area contributed by atoms with Crippen LogP contribution in [0.1, 0.15) is 39.2 Å². The molecule has 138 valence electrons. The Morgan fingerprint density at radius 1 is 1.40 bits per heavy atom. The van der Waals surface area contributed by atoms with Crippen molar-refractivity contribution in [2.24, 2.45) is 0 Å². The Balaban J connectivity index is 1.86. The summed E-state index contributed by atoms with van der Waals surface area (Å²) in [6.45, 7) is 7.60. The molecule has 0 aliphatic carbocycles. The van der Waals surface area contributed by atoms with Crippen molar-refractivity contribution in [3.05, 3.63) is 38.9 Å². The van der Waals surface area contributed by atoms with Crippen LogP contribution >= 0.6 is 11.6 Å². The molecule has 0 radical (unpaired) electrons. The normalized spacial score (nSPS) is 16.5. The molecule has 0 saturated carbocycles. The molecular weight excluding hydrogens is 346 g/mol. The molecule has 0 bridgehead atoms. The van der Waals surface area contributed by atoms with Gasteiger partial charge in [-0.05, 0) is 45.2 Å². The number of nitrogens with zero attached hydrogens (tertiary/aromatic N) is 2. The van der Waals surface area contributed by atoms with Crippen molar-refractivity contribution in [2.45, 2.75) is 51.8 Å². The summed E-state index contributed by atoms with van der Waals surface area (Å²) in [5.74, 6) is 0. The fourth-order valence-electron chi connectivity index (χ4n) is 2.75. The molecule has 1 N–H and O–H groups in total. The van der Waals surface area contributed by atoms with Gasteiger partial charge in [-0.25, -0.2) is 4.79 Å². The fraction of sp³-hybridized carbons (Fsp3) is 0.588. The number of likely N-dealkylation sites (tertiary alicyclic amines) is 1. The lowest BCUT2D eigenvalue weighted by molar-refractivity contribution is -0.384. The molecule has 1 aliphatic rings. The molecule has 1 amide bonds. The van der Waals surface area contributed by atoms with E-state index >= 15 is 0 Å². The maximum atomic E-state index is 11.8. The largest absolute Gasteiger partial charge is 0.444 e. The second kappa shape index (κ2) is 8.01. The van der Waals surface area contributed by atoms with Crippen LogP contribution in [0, 0.1) is 10.1 Å². The van der Waals surface area contributed by atoms with E-state index in [9.17, 15) is 14.9 Å². The Morgan fingerprint density at radius 2 is 2.04 bits per heavy atom. The van der Waals surface area contributed by atoms with E-state index in [0.29, 0.717) is 11.6 Å². The zero-order chi connectivity index (χ0) is 18.6. The number of carbonyl (C=O) groups excluding carboxylic acids is 1. The topological polar surface area (TPSA) is 84.7 Å². The van der Waals surface area contributed by atoms with E-state index in [0.717, 1.165) is 31.5 Å². The lowest BCUT2D eigenvalue weighted by Gasteiger charge is -2.33. The highest BCUT2D eigenvalue weighted by atomic mass is 35.5. The molecule has 0 unspecified atom stereocenters. The van der Waals surface area contributed by atoms with E-state index < -0.39 is 16.6 Å². The monoisotopic (exact) mass is 369 g/mol. The van der Waals surface area contributed by atoms with Crippen molar-refractivity contribution in [3.8, 4) is 0 Å². The number of rotatable bonds is 4. The molecule has 25 heavy (non-hydrogen) atoms. The molecule has 8 heteroatoms. The van der Waals surface area contributed by atoms with E-state index in [1.807, 2.05) is 20.8 Å². The van der Waals surface area contributed by atoms with Gasteiger partial charge in [-0.15, -0.1) is 0 Å². The molecule has 0 spiro atoms. The van der Waals surface area contributed by atoms with Gasteiger partial charge in [0.2, 0.25) is 0 Å². The number of hydrogen-bond acceptors (Lipinski definition) is 5. The third kappa shape index (κ3) is 6.17. The Hall–Kier alpha value is -1.86. The first-order chi connectivity index (χ1) is 11.6. The molecule has 1 aromatic carbocycles. The van der Waals surface area contributed by atoms with Crippen LogP contribution in [0.25, 0.3) is 0 Å². The van der Waals surface area contributed by atoms with Crippen LogP contribution in [-0.2, 0) is 11.3 Å². The van der Waals surface area contributed by atoms with Crippen LogP contribution in [0.15, 0.2) is 18.2 Å². The van der Waals surface area contributed by atoms with Gasteiger partial charge in [-0.1, -0.05) is 11.6 Å². The first-order valence-corrected chi connectivity index (χ1v) is 8.66. The van der Waals surface area contributed by atoms with Gasteiger partial charge in [0.15, 0.2) is 0 Å². The zero-order valence-electron chi connectivity index (χ0n) is 14.8. The molecule has 1 aromatic rings. The number of ether oxygens (including phenoxy) is 1. The van der Waals surface area contributed by atoms with Gasteiger partial charge in [0, 0.05) is 42.8 Å². The van der Waals surface area contributed by atoms with Crippen LogP contribution in [0.3, 0.4) is 0 Å². The lowest BCUT2D eigenvalue weighted by Crippen LogP contribution is -2.45. The highest BCUT2D eigenvalue weighted by molar-refractivity contribution is 6.31. The minimum atomic E-state index is -0.510. The number of carbonyl (C=O) groups is 1. The Bertz CT molecular complexity index is 637. The smallest absolute Gasteiger partial charge is 0.407 e. The molecule has 1 fully saturated rings. The average Bonchev–Trinajstić information content (AvgIpc) is 2.49. The van der Waals surface area contributed by atoms with Crippen LogP contribution < -0.4 is 5.32 Å². The summed E-state index contributed by atoms with van der Waals surface area (Å²) in [6, 6.07) is 4.56. The van der Waals surface area contributed by atoms with Crippen molar-refractivity contribution in [1.29, 1.82) is 0 Å². The maximum absolute atomic E-state index is 11.8. The number of non-ortho nitro benzene ring substituents is 1. The summed E-state index contributed by atoms with van der Waals surface area (Å²) in [5.41, 5.74) is 0.277. The van der Waals surface area contributed by atoms with Gasteiger partial charge in [0.1, 0.15) is 5.60 Å². The van der Waals surface area contributed by atoms with Crippen LogP contribution in [0.5, 0.6) is 0 Å². The molecular formula is C17H24ClN3O4. The van der Waals surface area contributed by atoms with Crippen LogP contribution in [0.4, 0.5) is 10.5 Å². The van der Waals surface area contributed by atoms with Gasteiger partial charge < -0.3 is 10.1 Å². The lowest BCUT2D eigenvalue weighted by atomic mass is 10.0. The SMILES string of the molecule is CC(C)(C)OC(=O)NC1CCN(Cc2cc([N+](=O)[O-])ccc2Cl)CC1. The third-order valence-electron chi connectivity index (χ3n) is 3.94. The summed E-state index contributed by atoms with van der Waals surface area (Å²) >= 11 is 6.16. The van der Waals surface area contributed by atoms with E-state index in [1.165, 1.54) is 12.1 Å². The number of hydrogen-bond donors (Lipinski definition) is 1. The van der Waals surface area contributed by atoms with E-state index in [4.69, 9.17) is 16.3 Å². The van der Waals surface area contributed by atoms with Gasteiger partial charge in [-0.3, -0.25) is 15.0 Å². The number of benzene rings is 1. The number of nitrogens with one attached hydrogen (secondary N) is 1. The van der Waals surface area contributed by atoms with Crippen molar-refractivity contribution in [3.63, 3.8) is 0 Å². The summed E-state index contributed by atoms with van der Waals surface area (Å²) in [5, 5.41) is 14.3. The van der Waals surface area contributed by atoms with E-state index in [2.05, 4.69) is 10.2 Å². The molecule has 0 atom stereocenters. The quantitative estimate of drug-likeness (QED) is 0.645. The second-order valence-corrected chi connectivity index (χ2v) is 7.64. The Labute approximate surface area is 152 Å². The predicted molar refractivity (Wildman–Crippen MR) is 95.8 cm³/mol. The minimum Gasteiger partial charge on any atom is -0.444 e. The second-order valence-electron chi connectivity index (χ2n) is 7.23. The number of nitro benzene ring substituents is 1. The highest BCUT2D eigenvalue weighted by Crippen LogP contribution is 2.24. The summed E-state index contributed by atoms with van der Waals surface area (Å²) in [7, 11) is 0. The Morgan fingerprint density at radius 3 is 2.60 bits per heavy atom. The highest BCUT2D eigenvalue weighted by Gasteiger charge is 2.24. The van der Waals surface area contributed by atoms with Crippen molar-refractivity contribution in [1.82, 2.24) is 10.2 Å². The van der Waals surface area contributed by atoms with Gasteiger partial charge in [0.25, 0.3) is 5.69 Å². The van der Waals surface area contributed by atoms with Gasteiger partial charge in [-0.2, -0.15) is 0 Å². The van der Waals surface area contributed by atoms with E-state index in [-0.39, 0.29) is 11.7 Å². The molecule has 1 heterocycles. The van der Waals surface area contributed by atoms with Gasteiger partial charge in [0.05, 0.1) is 4.92 Å². The first kappa shape index (κ1) is 19.5. The number of alkyl carbamates (subject to hydrolysis) is 1. The first-order valence-electron chi connectivity index (χ1n) is 8.29. The molecule has 1 saturated heterocycles. The molecule has 7 nitrogen and oxygen atoms in total. The van der Waals surface area contributed by atoms with Crippen molar-refractivity contribution >= 4 is 23.4 Å². The number of nitro groups is 1. The van der Waals surface area contributed by atoms with Gasteiger partial charge >= 0.3 is 6.09 Å². The summed E-state index contributed by atoms with van der Waals surface area (Å²) in [4.78, 5) is 24.5. The van der Waals surface area contributed by atoms with Crippen LogP contribution in [0.2, 0.25) is 5.02 Å². The predicted octanol–water partition coefficient (Wildman–Crippen LogP) is 3.74. The Kier molecular flexibility index (Phi) is 6.24. The fourth-order valence-corrected chi connectivity index (χ4v) is 2.92. The third-order valence-corrected chi connectivity index (χ3v) is 4.31. The number of halogens is 1. The van der Waals surface area contributed by atoms with Crippen molar-refractivity contribution in [2.75, 3.05) is 13.1 Å². The minimum absolute atomic E-state index is 0.0425. The standard InChI is InChI=1S/C17H24ClN3O4/c1-17(2,3)25-16(22)19-13-6-8-20(9-7-13)11-12-10-14(21(23)24)4-5-15(12)18/h4-5,10,13H,6-9,11H2,1-3H3,(H,19,22). The molecule has 2 rings (SSSR count). The number of piperidine rings is 1. The summed E-state index contributed by atoms with van der Waals surface area (Å²) in [6.07, 6.45) is 1.20. The van der Waals surface area contributed by atoms with Crippen LogP contribution in [-0.4, -0.2) is 40.6 Å². The van der Waals surface area contributed by atoms with E-state index in [1.54, 1.807) is 6.07 Å². The molecule has 1 aliphatic heterocycles. The summed E-state index contributed by atoms with van der Waals surface area (Å²) < 4.78 is 5.27. The zero-order valence-corrected chi connectivity index (χ0v) is 15.5. The average molecular weight is 370 g/mol. The maximum Gasteiger partial charge on any atom is 0.407 e. The molecule has 0 aromatic heterocycles. The van der Waals surface area contributed by atoms with Crippen molar-refractivity contribution < 1.29 is 14.5 Å². The number of amides is 1.